The third-order valence-corrected chi connectivity index (χ3v) is 23.7. The van der Waals surface area contributed by atoms with Gasteiger partial charge in [0.15, 0.2) is 12.2 Å². The van der Waals surface area contributed by atoms with Crippen LogP contribution in [0.3, 0.4) is 0 Å². The standard InChI is InChI=1S/C92H180O17P2/c1-6-9-12-15-18-21-24-27-30-33-35-37-39-41-44-47-50-53-56-63-68-73-77-91(96)108-87(81-102-89(94)75-70-65-60-54-51-48-45-43-40-38-36-34-31-28-25-22-19-16-13-10-7-2)83-106-110(98,99)104-79-86(93)80-105-111(100,101)107-84-88(82-103-90(95)76-71-66-61-58-57-59-64-69-74-85(4)5)109-92(97)78-72-67-62-55-52-49-46-42-32-29-26-23-20-17-14-11-8-3/h85-88,93H,6-84H2,1-5H3,(H,98,99)(H,100,101)/t86-,87-,88-/m1/s1. The second kappa shape index (κ2) is 84.5. The van der Waals surface area contributed by atoms with Crippen LogP contribution in [0.4, 0.5) is 0 Å². The van der Waals surface area contributed by atoms with E-state index in [1.165, 1.54) is 327 Å². The Morgan fingerprint density at radius 2 is 0.414 bits per heavy atom. The molecule has 111 heavy (non-hydrogen) atoms. The number of hydrogen-bond donors (Lipinski definition) is 3. The van der Waals surface area contributed by atoms with Gasteiger partial charge in [-0.1, -0.05) is 452 Å². The Morgan fingerprint density at radius 3 is 0.613 bits per heavy atom. The smallest absolute Gasteiger partial charge is 0.462 e. The van der Waals surface area contributed by atoms with Gasteiger partial charge in [0.2, 0.25) is 0 Å². The molecule has 3 N–H and O–H groups in total. The molecular weight excluding hydrogens is 1440 g/mol. The maximum absolute atomic E-state index is 13.2. The molecule has 17 nitrogen and oxygen atoms in total. The van der Waals surface area contributed by atoms with Crippen LogP contribution in [0.15, 0.2) is 0 Å². The predicted molar refractivity (Wildman–Crippen MR) is 460 cm³/mol. The van der Waals surface area contributed by atoms with Crippen molar-refractivity contribution in [3.8, 4) is 0 Å². The lowest BCUT2D eigenvalue weighted by atomic mass is 10.0. The largest absolute Gasteiger partial charge is 0.472 e. The molecule has 0 aromatic heterocycles. The van der Waals surface area contributed by atoms with E-state index in [1.807, 2.05) is 0 Å². The fourth-order valence-electron chi connectivity index (χ4n) is 14.5. The molecule has 2 unspecified atom stereocenters. The monoisotopic (exact) mass is 1620 g/mol. The predicted octanol–water partition coefficient (Wildman–Crippen LogP) is 28.7. The van der Waals surface area contributed by atoms with Gasteiger partial charge in [0.25, 0.3) is 0 Å². The highest BCUT2D eigenvalue weighted by Gasteiger charge is 2.31. The molecule has 0 aromatic carbocycles. The number of aliphatic hydroxyl groups excluding tert-OH is 1. The summed E-state index contributed by atoms with van der Waals surface area (Å²) in [4.78, 5) is 73.4. The lowest BCUT2D eigenvalue weighted by Gasteiger charge is -2.21. The highest BCUT2D eigenvalue weighted by molar-refractivity contribution is 7.47. The van der Waals surface area contributed by atoms with E-state index in [0.717, 1.165) is 95.8 Å². The van der Waals surface area contributed by atoms with Crippen molar-refractivity contribution in [1.82, 2.24) is 0 Å². The quantitative estimate of drug-likeness (QED) is 0.0222. The van der Waals surface area contributed by atoms with Crippen molar-refractivity contribution in [3.05, 3.63) is 0 Å². The van der Waals surface area contributed by atoms with Gasteiger partial charge in [0.1, 0.15) is 19.3 Å². The van der Waals surface area contributed by atoms with Gasteiger partial charge < -0.3 is 33.8 Å². The summed E-state index contributed by atoms with van der Waals surface area (Å²) in [5.74, 6) is -1.37. The van der Waals surface area contributed by atoms with Crippen molar-refractivity contribution >= 4 is 39.5 Å². The summed E-state index contributed by atoms with van der Waals surface area (Å²) >= 11 is 0. The molecule has 0 bridgehead atoms. The van der Waals surface area contributed by atoms with Crippen molar-refractivity contribution in [2.45, 2.75) is 522 Å². The van der Waals surface area contributed by atoms with Gasteiger partial charge in [-0.2, -0.15) is 0 Å². The summed E-state index contributed by atoms with van der Waals surface area (Å²) < 4.78 is 69.1. The van der Waals surface area contributed by atoms with Crippen LogP contribution in [0.2, 0.25) is 0 Å². The Morgan fingerprint density at radius 1 is 0.243 bits per heavy atom. The Kier molecular flexibility index (Phi) is 83.0. The first-order chi connectivity index (χ1) is 54.0. The molecule has 0 rings (SSSR count). The summed E-state index contributed by atoms with van der Waals surface area (Å²) in [6.07, 6.45) is 80.8. The van der Waals surface area contributed by atoms with Crippen LogP contribution in [0.5, 0.6) is 0 Å². The molecule has 0 amide bonds. The zero-order valence-corrected chi connectivity index (χ0v) is 74.9. The first kappa shape index (κ1) is 109. The number of unbranched alkanes of at least 4 members (excludes halogenated alkanes) is 64. The number of carbonyl (C=O) groups is 4. The molecule has 0 radical (unpaired) electrons. The molecule has 0 saturated carbocycles. The normalized spacial score (nSPS) is 13.7. The van der Waals surface area contributed by atoms with Crippen molar-refractivity contribution in [2.75, 3.05) is 39.6 Å². The van der Waals surface area contributed by atoms with Gasteiger partial charge >= 0.3 is 39.5 Å². The molecule has 0 aliphatic heterocycles. The molecular formula is C92H180O17P2. The van der Waals surface area contributed by atoms with Crippen LogP contribution in [0.25, 0.3) is 0 Å². The first-order valence-corrected chi connectivity index (χ1v) is 50.6. The van der Waals surface area contributed by atoms with Crippen LogP contribution >= 0.6 is 15.6 Å². The lowest BCUT2D eigenvalue weighted by molar-refractivity contribution is -0.161. The van der Waals surface area contributed by atoms with Crippen LogP contribution < -0.4 is 0 Å². The number of phosphoric acid groups is 2. The van der Waals surface area contributed by atoms with Crippen molar-refractivity contribution in [1.29, 1.82) is 0 Å². The summed E-state index contributed by atoms with van der Waals surface area (Å²) in [5.41, 5.74) is 0. The van der Waals surface area contributed by atoms with Gasteiger partial charge in [0, 0.05) is 25.7 Å². The molecule has 0 aliphatic carbocycles. The van der Waals surface area contributed by atoms with Gasteiger partial charge in [0.05, 0.1) is 26.4 Å². The Bertz CT molecular complexity index is 2100. The number of ether oxygens (including phenoxy) is 4. The summed E-state index contributed by atoms with van der Waals surface area (Å²) in [5, 5.41) is 10.7. The van der Waals surface area contributed by atoms with E-state index in [0.29, 0.717) is 25.7 Å². The fraction of sp³-hybridized carbons (Fsp3) is 0.957. The van der Waals surface area contributed by atoms with Crippen LogP contribution in [0, 0.1) is 5.92 Å². The van der Waals surface area contributed by atoms with E-state index in [1.54, 1.807) is 0 Å². The van der Waals surface area contributed by atoms with Crippen LogP contribution in [-0.2, 0) is 65.4 Å². The average molecular weight is 1620 g/mol. The Hall–Kier alpha value is -1.94. The van der Waals surface area contributed by atoms with E-state index in [-0.39, 0.29) is 25.7 Å². The number of esters is 4. The van der Waals surface area contributed by atoms with E-state index in [2.05, 4.69) is 34.6 Å². The second-order valence-electron chi connectivity index (χ2n) is 33.5. The van der Waals surface area contributed by atoms with Gasteiger partial charge in [-0.05, 0) is 31.6 Å². The van der Waals surface area contributed by atoms with E-state index >= 15 is 0 Å². The van der Waals surface area contributed by atoms with Crippen molar-refractivity contribution < 1.29 is 80.2 Å². The third kappa shape index (κ3) is 85.8. The molecule has 0 heterocycles. The topological polar surface area (TPSA) is 237 Å². The SMILES string of the molecule is CCCCCCCCCCCCCCCCCCCCCCCCC(=O)O[C@H](COC(=O)CCCCCCCCCCCCCCCCCCCCCCC)COP(=O)(O)OC[C@@H](O)COP(=O)(O)OC[C@@H](COC(=O)CCCCCCCCCCC(C)C)OC(=O)CCCCCCCCCCCCCCCCCCC. The highest BCUT2D eigenvalue weighted by Crippen LogP contribution is 2.45. The molecule has 0 fully saturated rings. The minimum Gasteiger partial charge on any atom is -0.462 e. The fourth-order valence-corrected chi connectivity index (χ4v) is 16.1. The minimum absolute atomic E-state index is 0.109. The van der Waals surface area contributed by atoms with E-state index < -0.39 is 97.5 Å². The zero-order chi connectivity index (χ0) is 81.1. The van der Waals surface area contributed by atoms with Gasteiger partial charge in [-0.3, -0.25) is 37.3 Å². The highest BCUT2D eigenvalue weighted by atomic mass is 31.2. The Balaban J connectivity index is 5.22. The number of phosphoric ester groups is 2. The van der Waals surface area contributed by atoms with E-state index in [4.69, 9.17) is 37.0 Å². The first-order valence-electron chi connectivity index (χ1n) is 47.6. The molecule has 0 saturated heterocycles. The third-order valence-electron chi connectivity index (χ3n) is 21.8. The minimum atomic E-state index is -4.97. The molecule has 660 valence electrons. The van der Waals surface area contributed by atoms with Crippen LogP contribution in [-0.4, -0.2) is 96.7 Å². The van der Waals surface area contributed by atoms with Crippen molar-refractivity contribution in [3.63, 3.8) is 0 Å². The molecule has 19 heteroatoms. The number of carbonyl (C=O) groups excluding carboxylic acids is 4. The maximum Gasteiger partial charge on any atom is 0.472 e. The van der Waals surface area contributed by atoms with Crippen molar-refractivity contribution in [2.24, 2.45) is 5.92 Å². The summed E-state index contributed by atoms with van der Waals surface area (Å²) in [6.45, 7) is 7.36. The summed E-state index contributed by atoms with van der Waals surface area (Å²) in [6, 6.07) is 0. The van der Waals surface area contributed by atoms with Crippen LogP contribution in [0.1, 0.15) is 503 Å². The Labute approximate surface area is 683 Å². The lowest BCUT2D eigenvalue weighted by Crippen LogP contribution is -2.30. The number of rotatable bonds is 92. The number of hydrogen-bond acceptors (Lipinski definition) is 15. The molecule has 0 spiro atoms. The van der Waals surface area contributed by atoms with E-state index in [9.17, 15) is 43.2 Å². The maximum atomic E-state index is 13.2. The molecule has 5 atom stereocenters. The zero-order valence-electron chi connectivity index (χ0n) is 73.1. The molecule has 0 aliphatic rings. The van der Waals surface area contributed by atoms with Gasteiger partial charge in [-0.25, -0.2) is 9.13 Å². The summed E-state index contributed by atoms with van der Waals surface area (Å²) in [7, 11) is -9.94. The molecule has 0 aromatic rings. The average Bonchev–Trinajstić information content (AvgIpc) is 0.900. The number of aliphatic hydroxyl groups is 1. The second-order valence-corrected chi connectivity index (χ2v) is 36.4. The van der Waals surface area contributed by atoms with Gasteiger partial charge in [-0.15, -0.1) is 0 Å².